The van der Waals surface area contributed by atoms with E-state index in [9.17, 15) is 4.39 Å². The molecule has 1 spiro atoms. The normalized spacial score (nSPS) is 23.2. The average molecular weight is 349 g/mol. The summed E-state index contributed by atoms with van der Waals surface area (Å²) in [6.07, 6.45) is 3.04. The van der Waals surface area contributed by atoms with Crippen LogP contribution < -0.4 is 4.74 Å². The SMILES string of the molecule is Cc1csc(CN2CC3(C[C@@H](Oc4ncccc4F)CCO3)C2)n1. The maximum Gasteiger partial charge on any atom is 0.250 e. The molecule has 24 heavy (non-hydrogen) atoms. The Hall–Kier alpha value is -1.57. The number of hydrogen-bond acceptors (Lipinski definition) is 6. The van der Waals surface area contributed by atoms with Crippen molar-refractivity contribution in [3.8, 4) is 5.88 Å². The highest BCUT2D eigenvalue weighted by atomic mass is 32.1. The van der Waals surface area contributed by atoms with Crippen LogP contribution in [0.2, 0.25) is 0 Å². The van der Waals surface area contributed by atoms with Gasteiger partial charge in [-0.2, -0.15) is 0 Å². The maximum atomic E-state index is 13.7. The van der Waals surface area contributed by atoms with Gasteiger partial charge in [-0.05, 0) is 19.1 Å². The monoisotopic (exact) mass is 349 g/mol. The van der Waals surface area contributed by atoms with Crippen molar-refractivity contribution in [3.05, 3.63) is 40.2 Å². The zero-order chi connectivity index (χ0) is 16.6. The number of pyridine rings is 1. The Morgan fingerprint density at radius 1 is 1.50 bits per heavy atom. The molecule has 5 nitrogen and oxygen atoms in total. The zero-order valence-corrected chi connectivity index (χ0v) is 14.4. The summed E-state index contributed by atoms with van der Waals surface area (Å²) in [6, 6.07) is 2.94. The zero-order valence-electron chi connectivity index (χ0n) is 13.6. The lowest BCUT2D eigenvalue weighted by molar-refractivity contribution is -0.188. The van der Waals surface area contributed by atoms with Crippen LogP contribution in [-0.2, 0) is 11.3 Å². The predicted octanol–water partition coefficient (Wildman–Crippen LogP) is 2.80. The van der Waals surface area contributed by atoms with Gasteiger partial charge in [0.15, 0.2) is 5.82 Å². The summed E-state index contributed by atoms with van der Waals surface area (Å²) in [4.78, 5) is 10.8. The van der Waals surface area contributed by atoms with Gasteiger partial charge < -0.3 is 9.47 Å². The first-order chi connectivity index (χ1) is 11.6. The fraction of sp³-hybridized carbons (Fsp3) is 0.529. The van der Waals surface area contributed by atoms with E-state index < -0.39 is 5.82 Å². The van der Waals surface area contributed by atoms with Gasteiger partial charge in [0.05, 0.1) is 18.8 Å². The first-order valence-corrected chi connectivity index (χ1v) is 9.04. The summed E-state index contributed by atoms with van der Waals surface area (Å²) in [6.45, 7) is 5.26. The van der Waals surface area contributed by atoms with Crippen LogP contribution in [0, 0.1) is 12.7 Å². The van der Waals surface area contributed by atoms with Crippen LogP contribution in [0.15, 0.2) is 23.7 Å². The standard InChI is InChI=1S/C17H20FN3O2S/c1-12-9-24-15(20-12)8-21-10-17(11-21)7-13(4-6-22-17)23-16-14(18)3-2-5-19-16/h2-3,5,9,13H,4,6-8,10-11H2,1H3/t13-/m0/s1. The number of aromatic nitrogens is 2. The Kier molecular flexibility index (Phi) is 4.24. The Morgan fingerprint density at radius 3 is 3.12 bits per heavy atom. The lowest BCUT2D eigenvalue weighted by Gasteiger charge is -2.52. The summed E-state index contributed by atoms with van der Waals surface area (Å²) in [5.74, 6) is -0.318. The molecular weight excluding hydrogens is 329 g/mol. The summed E-state index contributed by atoms with van der Waals surface area (Å²) < 4.78 is 25.5. The second kappa shape index (κ2) is 6.38. The Morgan fingerprint density at radius 2 is 2.38 bits per heavy atom. The second-order valence-corrected chi connectivity index (χ2v) is 7.52. The molecule has 2 aromatic heterocycles. The van der Waals surface area contributed by atoms with Crippen LogP contribution in [0.4, 0.5) is 4.39 Å². The molecule has 0 bridgehead atoms. The molecule has 0 aromatic carbocycles. The minimum Gasteiger partial charge on any atom is -0.472 e. The van der Waals surface area contributed by atoms with E-state index in [0.29, 0.717) is 6.61 Å². The second-order valence-electron chi connectivity index (χ2n) is 6.58. The number of rotatable bonds is 4. The topological polar surface area (TPSA) is 47.5 Å². The highest BCUT2D eigenvalue weighted by molar-refractivity contribution is 7.09. The van der Waals surface area contributed by atoms with E-state index in [1.54, 1.807) is 23.6 Å². The molecule has 128 valence electrons. The van der Waals surface area contributed by atoms with Crippen molar-refractivity contribution in [1.82, 2.24) is 14.9 Å². The van der Waals surface area contributed by atoms with Gasteiger partial charge in [0.1, 0.15) is 11.1 Å². The highest BCUT2D eigenvalue weighted by Crippen LogP contribution is 2.36. The van der Waals surface area contributed by atoms with Crippen LogP contribution >= 0.6 is 11.3 Å². The minimum absolute atomic E-state index is 0.0487. The van der Waals surface area contributed by atoms with E-state index in [-0.39, 0.29) is 17.6 Å². The lowest BCUT2D eigenvalue weighted by Crippen LogP contribution is -2.65. The molecule has 0 saturated carbocycles. The molecule has 0 radical (unpaired) electrons. The number of halogens is 1. The highest BCUT2D eigenvalue weighted by Gasteiger charge is 2.48. The molecule has 0 N–H and O–H groups in total. The van der Waals surface area contributed by atoms with E-state index in [1.165, 1.54) is 6.07 Å². The summed E-state index contributed by atoms with van der Waals surface area (Å²) >= 11 is 1.70. The summed E-state index contributed by atoms with van der Waals surface area (Å²) in [5, 5.41) is 3.22. The van der Waals surface area contributed by atoms with Crippen molar-refractivity contribution in [1.29, 1.82) is 0 Å². The quantitative estimate of drug-likeness (QED) is 0.849. The number of thiazole rings is 1. The van der Waals surface area contributed by atoms with Gasteiger partial charge >= 0.3 is 0 Å². The van der Waals surface area contributed by atoms with E-state index in [0.717, 1.165) is 43.2 Å². The van der Waals surface area contributed by atoms with E-state index in [4.69, 9.17) is 9.47 Å². The molecule has 7 heteroatoms. The van der Waals surface area contributed by atoms with Gasteiger partial charge in [0.25, 0.3) is 5.88 Å². The summed E-state index contributed by atoms with van der Waals surface area (Å²) in [7, 11) is 0. The smallest absolute Gasteiger partial charge is 0.250 e. The molecule has 4 heterocycles. The van der Waals surface area contributed by atoms with Crippen LogP contribution in [-0.4, -0.2) is 46.3 Å². The van der Waals surface area contributed by atoms with E-state index in [2.05, 4.69) is 20.2 Å². The maximum absolute atomic E-state index is 13.7. The van der Waals surface area contributed by atoms with Crippen molar-refractivity contribution in [3.63, 3.8) is 0 Å². The van der Waals surface area contributed by atoms with Crippen LogP contribution in [0.25, 0.3) is 0 Å². The number of likely N-dealkylation sites (tertiary alicyclic amines) is 1. The third kappa shape index (κ3) is 3.29. The van der Waals surface area contributed by atoms with Crippen LogP contribution in [0.3, 0.4) is 0 Å². The largest absolute Gasteiger partial charge is 0.472 e. The Bertz CT molecular complexity index is 717. The Balaban J connectivity index is 1.33. The number of aryl methyl sites for hydroxylation is 1. The van der Waals surface area contributed by atoms with Gasteiger partial charge in [0.2, 0.25) is 0 Å². The molecule has 2 saturated heterocycles. The predicted molar refractivity (Wildman–Crippen MR) is 88.7 cm³/mol. The van der Waals surface area contributed by atoms with Gasteiger partial charge in [-0.1, -0.05) is 0 Å². The average Bonchev–Trinajstić information content (AvgIpc) is 2.94. The van der Waals surface area contributed by atoms with Crippen molar-refractivity contribution in [2.75, 3.05) is 19.7 Å². The van der Waals surface area contributed by atoms with E-state index >= 15 is 0 Å². The van der Waals surface area contributed by atoms with Crippen molar-refractivity contribution in [2.24, 2.45) is 0 Å². The Labute approximate surface area is 144 Å². The molecule has 0 aliphatic carbocycles. The summed E-state index contributed by atoms with van der Waals surface area (Å²) in [5.41, 5.74) is 0.908. The van der Waals surface area contributed by atoms with Gasteiger partial charge in [-0.15, -0.1) is 11.3 Å². The number of nitrogens with zero attached hydrogens (tertiary/aromatic N) is 3. The van der Waals surface area contributed by atoms with Gasteiger partial charge in [-0.25, -0.2) is 14.4 Å². The number of ether oxygens (including phenoxy) is 2. The molecule has 1 atom stereocenters. The first-order valence-electron chi connectivity index (χ1n) is 8.16. The van der Waals surface area contributed by atoms with Crippen molar-refractivity contribution < 1.29 is 13.9 Å². The molecule has 0 unspecified atom stereocenters. The number of hydrogen-bond donors (Lipinski definition) is 0. The molecule has 2 aliphatic rings. The van der Waals surface area contributed by atoms with Crippen LogP contribution in [0.1, 0.15) is 23.5 Å². The fourth-order valence-corrected chi connectivity index (χ4v) is 4.28. The van der Waals surface area contributed by atoms with E-state index in [1.807, 2.05) is 6.92 Å². The first kappa shape index (κ1) is 15.9. The molecule has 2 aromatic rings. The van der Waals surface area contributed by atoms with Crippen molar-refractivity contribution >= 4 is 11.3 Å². The molecule has 4 rings (SSSR count). The lowest BCUT2D eigenvalue weighted by atomic mass is 9.84. The van der Waals surface area contributed by atoms with Crippen molar-refractivity contribution in [2.45, 2.75) is 38.0 Å². The molecule has 2 aliphatic heterocycles. The molecule has 2 fully saturated rings. The fourth-order valence-electron chi connectivity index (χ4n) is 3.47. The van der Waals surface area contributed by atoms with Gasteiger partial charge in [-0.3, -0.25) is 4.90 Å². The molecule has 0 amide bonds. The third-order valence-electron chi connectivity index (χ3n) is 4.50. The molecular formula is C17H20FN3O2S. The minimum atomic E-state index is -0.410. The third-order valence-corrected chi connectivity index (χ3v) is 5.45. The van der Waals surface area contributed by atoms with Crippen LogP contribution in [0.5, 0.6) is 5.88 Å². The van der Waals surface area contributed by atoms with Gasteiger partial charge in [0, 0.05) is 43.2 Å².